The first-order chi connectivity index (χ1) is 9.83. The van der Waals surface area contributed by atoms with Gasteiger partial charge in [0.15, 0.2) is 0 Å². The molecule has 0 spiro atoms. The number of hydrogen-bond acceptors (Lipinski definition) is 5. The van der Waals surface area contributed by atoms with Crippen molar-refractivity contribution in [2.75, 3.05) is 5.32 Å². The quantitative estimate of drug-likeness (QED) is 0.684. The zero-order chi connectivity index (χ0) is 13.8. The number of anilines is 1. The highest BCUT2D eigenvalue weighted by Gasteiger charge is 2.06. The van der Waals surface area contributed by atoms with Crippen LogP contribution in [0.1, 0.15) is 4.88 Å². The van der Waals surface area contributed by atoms with Gasteiger partial charge in [-0.15, -0.1) is 11.3 Å². The minimum absolute atomic E-state index is 0.762. The molecule has 0 aliphatic heterocycles. The summed E-state index contributed by atoms with van der Waals surface area (Å²) in [6, 6.07) is 8.22. The van der Waals surface area contributed by atoms with Crippen molar-refractivity contribution in [1.29, 1.82) is 0 Å². The van der Waals surface area contributed by atoms with Crippen molar-refractivity contribution in [2.24, 2.45) is 0 Å². The molecular formula is C14H11IN4S. The highest BCUT2D eigenvalue weighted by Crippen LogP contribution is 2.24. The number of halogens is 1. The van der Waals surface area contributed by atoms with Crippen molar-refractivity contribution in [3.8, 4) is 10.7 Å². The second-order valence-electron chi connectivity index (χ2n) is 4.06. The third-order valence-corrected chi connectivity index (χ3v) is 4.62. The van der Waals surface area contributed by atoms with Crippen LogP contribution in [0.2, 0.25) is 0 Å². The van der Waals surface area contributed by atoms with E-state index in [-0.39, 0.29) is 0 Å². The predicted octanol–water partition coefficient (Wildman–Crippen LogP) is 3.82. The van der Waals surface area contributed by atoms with Crippen molar-refractivity contribution in [2.45, 2.75) is 6.54 Å². The van der Waals surface area contributed by atoms with E-state index in [4.69, 9.17) is 0 Å². The Morgan fingerprint density at radius 1 is 1.10 bits per heavy atom. The average molecular weight is 394 g/mol. The molecule has 1 aromatic carbocycles. The van der Waals surface area contributed by atoms with Crippen LogP contribution in [0.5, 0.6) is 0 Å². The molecular weight excluding hydrogens is 383 g/mol. The summed E-state index contributed by atoms with van der Waals surface area (Å²) < 4.78 is 1.21. The molecule has 4 nitrogen and oxygen atoms in total. The van der Waals surface area contributed by atoms with E-state index in [9.17, 15) is 0 Å². The second-order valence-corrected chi connectivity index (χ2v) is 6.33. The Labute approximate surface area is 134 Å². The molecule has 0 unspecified atom stereocenters. The van der Waals surface area contributed by atoms with E-state index in [1.807, 2.05) is 18.3 Å². The van der Waals surface area contributed by atoms with Gasteiger partial charge < -0.3 is 5.32 Å². The lowest BCUT2D eigenvalue weighted by atomic mass is 10.3. The van der Waals surface area contributed by atoms with E-state index in [0.29, 0.717) is 0 Å². The van der Waals surface area contributed by atoms with E-state index >= 15 is 0 Å². The molecule has 3 aromatic rings. The zero-order valence-corrected chi connectivity index (χ0v) is 13.4. The Balaban J connectivity index is 1.71. The third-order valence-electron chi connectivity index (χ3n) is 2.66. The Morgan fingerprint density at radius 3 is 2.80 bits per heavy atom. The van der Waals surface area contributed by atoms with Crippen LogP contribution in [0.15, 0.2) is 49.1 Å². The first-order valence-electron chi connectivity index (χ1n) is 6.02. The first kappa shape index (κ1) is 13.4. The standard InChI is InChI=1S/C14H11IN4S/c15-11-3-1-2-4-12(11)18-7-10-8-19-14(20-10)13-9-16-5-6-17-13/h1-6,8-9,18H,7H2. The van der Waals surface area contributed by atoms with Gasteiger partial charge in [-0.25, -0.2) is 4.98 Å². The average Bonchev–Trinajstić information content (AvgIpc) is 2.96. The topological polar surface area (TPSA) is 50.7 Å². The van der Waals surface area contributed by atoms with Gasteiger partial charge in [0.1, 0.15) is 10.7 Å². The lowest BCUT2D eigenvalue weighted by Crippen LogP contribution is -1.98. The summed E-state index contributed by atoms with van der Waals surface area (Å²) in [6.45, 7) is 0.762. The van der Waals surface area contributed by atoms with Gasteiger partial charge in [-0.1, -0.05) is 12.1 Å². The number of hydrogen-bond donors (Lipinski definition) is 1. The number of benzene rings is 1. The van der Waals surface area contributed by atoms with E-state index in [1.165, 1.54) is 8.45 Å². The second kappa shape index (κ2) is 6.27. The minimum Gasteiger partial charge on any atom is -0.379 e. The predicted molar refractivity (Wildman–Crippen MR) is 89.6 cm³/mol. The normalized spacial score (nSPS) is 10.4. The SMILES string of the molecule is Ic1ccccc1NCc1cnc(-c2cnccn2)s1. The number of rotatable bonds is 4. The molecule has 0 aliphatic carbocycles. The van der Waals surface area contributed by atoms with Crippen molar-refractivity contribution >= 4 is 39.6 Å². The monoisotopic (exact) mass is 394 g/mol. The Kier molecular flexibility index (Phi) is 4.22. The number of nitrogens with zero attached hydrogens (tertiary/aromatic N) is 3. The third kappa shape index (κ3) is 3.13. The summed E-state index contributed by atoms with van der Waals surface area (Å²) >= 11 is 3.96. The van der Waals surface area contributed by atoms with Gasteiger partial charge in [0, 0.05) is 32.7 Å². The molecule has 2 heterocycles. The van der Waals surface area contributed by atoms with Gasteiger partial charge in [-0.3, -0.25) is 9.97 Å². The van der Waals surface area contributed by atoms with Crippen LogP contribution in [0.3, 0.4) is 0 Å². The van der Waals surface area contributed by atoms with Crippen molar-refractivity contribution in [1.82, 2.24) is 15.0 Å². The van der Waals surface area contributed by atoms with Gasteiger partial charge >= 0.3 is 0 Å². The van der Waals surface area contributed by atoms with Gasteiger partial charge in [-0.2, -0.15) is 0 Å². The van der Waals surface area contributed by atoms with Crippen LogP contribution >= 0.6 is 33.9 Å². The van der Waals surface area contributed by atoms with Gasteiger partial charge in [0.05, 0.1) is 12.7 Å². The van der Waals surface area contributed by atoms with Crippen LogP contribution in [0.25, 0.3) is 10.7 Å². The number of nitrogens with one attached hydrogen (secondary N) is 1. The van der Waals surface area contributed by atoms with Crippen molar-refractivity contribution < 1.29 is 0 Å². The Bertz CT molecular complexity index is 699. The Hall–Kier alpha value is -1.54. The highest BCUT2D eigenvalue weighted by molar-refractivity contribution is 14.1. The lowest BCUT2D eigenvalue weighted by molar-refractivity contribution is 1.16. The molecule has 1 N–H and O–H groups in total. The summed E-state index contributed by atoms with van der Waals surface area (Å²) in [7, 11) is 0. The molecule has 0 bridgehead atoms. The molecule has 0 amide bonds. The molecule has 2 aromatic heterocycles. The molecule has 0 saturated carbocycles. The molecule has 0 saturated heterocycles. The molecule has 0 radical (unpaired) electrons. The molecule has 20 heavy (non-hydrogen) atoms. The van der Waals surface area contributed by atoms with Crippen LogP contribution in [-0.2, 0) is 6.54 Å². The van der Waals surface area contributed by atoms with E-state index in [1.54, 1.807) is 29.9 Å². The molecule has 6 heteroatoms. The van der Waals surface area contributed by atoms with E-state index in [0.717, 1.165) is 22.9 Å². The van der Waals surface area contributed by atoms with E-state index < -0.39 is 0 Å². The summed E-state index contributed by atoms with van der Waals surface area (Å²) in [6.07, 6.45) is 6.96. The minimum atomic E-state index is 0.762. The summed E-state index contributed by atoms with van der Waals surface area (Å²) in [5, 5.41) is 4.32. The maximum atomic E-state index is 4.40. The summed E-state index contributed by atoms with van der Waals surface area (Å²) in [5.74, 6) is 0. The fourth-order valence-corrected chi connectivity index (χ4v) is 3.10. The molecule has 3 rings (SSSR count). The smallest absolute Gasteiger partial charge is 0.143 e. The maximum absolute atomic E-state index is 4.40. The first-order valence-corrected chi connectivity index (χ1v) is 7.92. The van der Waals surface area contributed by atoms with Crippen LogP contribution in [-0.4, -0.2) is 15.0 Å². The van der Waals surface area contributed by atoms with Crippen molar-refractivity contribution in [3.63, 3.8) is 0 Å². The highest BCUT2D eigenvalue weighted by atomic mass is 127. The molecule has 0 atom stereocenters. The Morgan fingerprint density at radius 2 is 2.00 bits per heavy atom. The number of thiazole rings is 1. The fraction of sp³-hybridized carbons (Fsp3) is 0.0714. The van der Waals surface area contributed by atoms with Gasteiger partial charge in [0.25, 0.3) is 0 Å². The number of aromatic nitrogens is 3. The van der Waals surface area contributed by atoms with Crippen LogP contribution in [0.4, 0.5) is 5.69 Å². The van der Waals surface area contributed by atoms with Crippen LogP contribution in [0, 0.1) is 3.57 Å². The van der Waals surface area contributed by atoms with E-state index in [2.05, 4.69) is 55.0 Å². The van der Waals surface area contributed by atoms with Gasteiger partial charge in [-0.05, 0) is 34.7 Å². The summed E-state index contributed by atoms with van der Waals surface area (Å²) in [4.78, 5) is 13.9. The molecule has 0 fully saturated rings. The van der Waals surface area contributed by atoms with Gasteiger partial charge in [0.2, 0.25) is 0 Å². The largest absolute Gasteiger partial charge is 0.379 e. The maximum Gasteiger partial charge on any atom is 0.143 e. The van der Waals surface area contributed by atoms with Crippen LogP contribution < -0.4 is 5.32 Å². The zero-order valence-electron chi connectivity index (χ0n) is 10.5. The molecule has 0 aliphatic rings. The number of para-hydroxylation sites is 1. The molecule has 100 valence electrons. The summed E-state index contributed by atoms with van der Waals surface area (Å²) in [5.41, 5.74) is 1.96. The fourth-order valence-electron chi connectivity index (χ4n) is 1.70. The lowest BCUT2D eigenvalue weighted by Gasteiger charge is -2.06. The van der Waals surface area contributed by atoms with Crippen molar-refractivity contribution in [3.05, 3.63) is 57.5 Å².